The summed E-state index contributed by atoms with van der Waals surface area (Å²) in [6.45, 7) is 4.19. The molecule has 3 heterocycles. The van der Waals surface area contributed by atoms with Crippen LogP contribution in [0.3, 0.4) is 0 Å². The van der Waals surface area contributed by atoms with Gasteiger partial charge in [-0.05, 0) is 31.2 Å². The molecule has 0 saturated carbocycles. The summed E-state index contributed by atoms with van der Waals surface area (Å²) in [5.41, 5.74) is 0.362. The molecule has 2 aliphatic heterocycles. The summed E-state index contributed by atoms with van der Waals surface area (Å²) in [6, 6.07) is 0. The van der Waals surface area contributed by atoms with Crippen LogP contribution < -0.4 is 5.32 Å². The summed E-state index contributed by atoms with van der Waals surface area (Å²) in [5, 5.41) is 17.9. The third-order valence-electron chi connectivity index (χ3n) is 4.89. The van der Waals surface area contributed by atoms with Crippen molar-refractivity contribution in [2.45, 2.75) is 32.2 Å². The lowest BCUT2D eigenvalue weighted by molar-refractivity contribution is -0.385. The molecule has 2 fully saturated rings. The summed E-state index contributed by atoms with van der Waals surface area (Å²) < 4.78 is 1.46. The van der Waals surface area contributed by atoms with E-state index in [4.69, 9.17) is 0 Å². The highest BCUT2D eigenvalue weighted by atomic mass is 16.6. The molecule has 3 rings (SSSR count). The van der Waals surface area contributed by atoms with Gasteiger partial charge in [-0.3, -0.25) is 19.6 Å². The normalized spacial score (nSPS) is 20.5. The number of nitrogens with one attached hydrogen (secondary N) is 1. The van der Waals surface area contributed by atoms with Crippen LogP contribution in [-0.4, -0.2) is 51.7 Å². The molecule has 1 aromatic heterocycles. The molecule has 0 radical (unpaired) electrons. The molecule has 8 nitrogen and oxygen atoms in total. The first-order valence-corrected chi connectivity index (χ1v) is 7.73. The number of nitro groups is 1. The second-order valence-corrected chi connectivity index (χ2v) is 6.28. The minimum absolute atomic E-state index is 0.0407. The Balaban J connectivity index is 1.47. The van der Waals surface area contributed by atoms with Crippen LogP contribution in [0, 0.1) is 15.5 Å². The van der Waals surface area contributed by atoms with Crippen molar-refractivity contribution in [2.24, 2.45) is 5.41 Å². The highest BCUT2D eigenvalue weighted by Crippen LogP contribution is 2.36. The molecule has 0 atom stereocenters. The first-order chi connectivity index (χ1) is 10.6. The van der Waals surface area contributed by atoms with Crippen molar-refractivity contribution in [1.82, 2.24) is 20.0 Å². The number of nitrogens with zero attached hydrogens (tertiary/aromatic N) is 4. The van der Waals surface area contributed by atoms with Gasteiger partial charge in [0.2, 0.25) is 5.91 Å². The summed E-state index contributed by atoms with van der Waals surface area (Å²) in [7, 11) is 0. The van der Waals surface area contributed by atoms with Crippen molar-refractivity contribution >= 4 is 11.6 Å². The maximum atomic E-state index is 12.3. The molecule has 1 spiro atoms. The molecule has 0 aliphatic carbocycles. The quantitative estimate of drug-likeness (QED) is 0.655. The molecular formula is C14H21N5O3. The molecule has 1 amide bonds. The lowest BCUT2D eigenvalue weighted by Gasteiger charge is -2.39. The largest absolute Gasteiger partial charge is 0.343 e. The van der Waals surface area contributed by atoms with Crippen LogP contribution in [0.15, 0.2) is 12.4 Å². The van der Waals surface area contributed by atoms with E-state index in [1.165, 1.54) is 23.5 Å². The maximum absolute atomic E-state index is 12.3. The molecule has 120 valence electrons. The van der Waals surface area contributed by atoms with Crippen molar-refractivity contribution in [1.29, 1.82) is 0 Å². The minimum Gasteiger partial charge on any atom is -0.343 e. The first-order valence-electron chi connectivity index (χ1n) is 7.73. The van der Waals surface area contributed by atoms with Gasteiger partial charge in [-0.2, -0.15) is 5.10 Å². The van der Waals surface area contributed by atoms with Gasteiger partial charge in [0.1, 0.15) is 12.4 Å². The van der Waals surface area contributed by atoms with Crippen LogP contribution in [-0.2, 0) is 11.3 Å². The number of piperidine rings is 1. The second-order valence-electron chi connectivity index (χ2n) is 6.28. The van der Waals surface area contributed by atoms with Gasteiger partial charge in [-0.1, -0.05) is 0 Å². The fourth-order valence-corrected chi connectivity index (χ4v) is 3.39. The van der Waals surface area contributed by atoms with Gasteiger partial charge < -0.3 is 10.2 Å². The number of likely N-dealkylation sites (tertiary alicyclic amines) is 1. The highest BCUT2D eigenvalue weighted by Gasteiger charge is 2.37. The van der Waals surface area contributed by atoms with Crippen LogP contribution in [0.25, 0.3) is 0 Å². The number of hydrogen-bond donors (Lipinski definition) is 1. The van der Waals surface area contributed by atoms with Crippen LogP contribution in [0.4, 0.5) is 5.69 Å². The molecule has 2 saturated heterocycles. The van der Waals surface area contributed by atoms with Gasteiger partial charge in [0.25, 0.3) is 0 Å². The standard InChI is InChI=1S/C14H21N5O3/c20-13(1-6-18-10-12(9-16-18)19(21)22)17-7-3-14(4-8-17)2-5-15-11-14/h9-10,15H,1-8,11H2. The van der Waals surface area contributed by atoms with Gasteiger partial charge in [0, 0.05) is 32.6 Å². The van der Waals surface area contributed by atoms with Crippen molar-refractivity contribution in [2.75, 3.05) is 26.2 Å². The Kier molecular flexibility index (Phi) is 4.10. The number of rotatable bonds is 4. The van der Waals surface area contributed by atoms with E-state index in [1.54, 1.807) is 0 Å². The number of carbonyl (C=O) groups is 1. The number of aryl methyl sites for hydroxylation is 1. The van der Waals surface area contributed by atoms with E-state index in [2.05, 4.69) is 10.4 Å². The maximum Gasteiger partial charge on any atom is 0.306 e. The Bertz CT molecular complexity index is 555. The SMILES string of the molecule is O=C(CCn1cc([N+](=O)[O-])cn1)N1CCC2(CCNC2)CC1. The van der Waals surface area contributed by atoms with E-state index in [0.29, 0.717) is 18.4 Å². The lowest BCUT2D eigenvalue weighted by atomic mass is 9.78. The summed E-state index contributed by atoms with van der Waals surface area (Å²) >= 11 is 0. The van der Waals surface area contributed by atoms with E-state index in [9.17, 15) is 14.9 Å². The number of aromatic nitrogens is 2. The Hall–Kier alpha value is -1.96. The second kappa shape index (κ2) is 6.04. The van der Waals surface area contributed by atoms with Crippen LogP contribution >= 0.6 is 0 Å². The Morgan fingerprint density at radius 2 is 2.18 bits per heavy atom. The molecule has 0 aromatic carbocycles. The van der Waals surface area contributed by atoms with Crippen LogP contribution in [0.5, 0.6) is 0 Å². The fourth-order valence-electron chi connectivity index (χ4n) is 3.39. The average Bonchev–Trinajstić information content (AvgIpc) is 3.15. The van der Waals surface area contributed by atoms with E-state index in [1.807, 2.05) is 4.90 Å². The van der Waals surface area contributed by atoms with Gasteiger partial charge in [-0.25, -0.2) is 0 Å². The molecule has 8 heteroatoms. The third kappa shape index (κ3) is 3.11. The Morgan fingerprint density at radius 1 is 1.41 bits per heavy atom. The lowest BCUT2D eigenvalue weighted by Crippen LogP contribution is -2.44. The van der Waals surface area contributed by atoms with Gasteiger partial charge in [0.05, 0.1) is 4.92 Å². The minimum atomic E-state index is -0.481. The summed E-state index contributed by atoms with van der Waals surface area (Å²) in [5.74, 6) is 0.110. The van der Waals surface area contributed by atoms with E-state index in [0.717, 1.165) is 39.0 Å². The molecular weight excluding hydrogens is 286 g/mol. The smallest absolute Gasteiger partial charge is 0.306 e. The topological polar surface area (TPSA) is 93.3 Å². The van der Waals surface area contributed by atoms with Crippen molar-refractivity contribution in [3.63, 3.8) is 0 Å². The van der Waals surface area contributed by atoms with Gasteiger partial charge in [-0.15, -0.1) is 0 Å². The van der Waals surface area contributed by atoms with Crippen molar-refractivity contribution < 1.29 is 9.72 Å². The third-order valence-corrected chi connectivity index (χ3v) is 4.89. The number of hydrogen-bond acceptors (Lipinski definition) is 5. The number of carbonyl (C=O) groups excluding carboxylic acids is 1. The zero-order chi connectivity index (χ0) is 15.6. The zero-order valence-electron chi connectivity index (χ0n) is 12.5. The van der Waals surface area contributed by atoms with Crippen LogP contribution in [0.1, 0.15) is 25.7 Å². The first kappa shape index (κ1) is 15.0. The fraction of sp³-hybridized carbons (Fsp3) is 0.714. The van der Waals surface area contributed by atoms with E-state index in [-0.39, 0.29) is 11.6 Å². The van der Waals surface area contributed by atoms with Gasteiger partial charge >= 0.3 is 5.69 Å². The van der Waals surface area contributed by atoms with E-state index >= 15 is 0 Å². The number of amides is 1. The molecule has 1 N–H and O–H groups in total. The molecule has 2 aliphatic rings. The monoisotopic (exact) mass is 307 g/mol. The summed E-state index contributed by atoms with van der Waals surface area (Å²) in [4.78, 5) is 24.3. The highest BCUT2D eigenvalue weighted by molar-refractivity contribution is 5.76. The molecule has 22 heavy (non-hydrogen) atoms. The zero-order valence-corrected chi connectivity index (χ0v) is 12.5. The molecule has 0 unspecified atom stereocenters. The molecule has 0 bridgehead atoms. The Morgan fingerprint density at radius 3 is 2.77 bits per heavy atom. The summed E-state index contributed by atoms with van der Waals surface area (Å²) in [6.07, 6.45) is 6.26. The molecule has 1 aromatic rings. The van der Waals surface area contributed by atoms with Crippen molar-refractivity contribution in [3.05, 3.63) is 22.5 Å². The van der Waals surface area contributed by atoms with Gasteiger partial charge in [0.15, 0.2) is 0 Å². The van der Waals surface area contributed by atoms with E-state index < -0.39 is 4.92 Å². The predicted molar refractivity (Wildman–Crippen MR) is 79.2 cm³/mol. The van der Waals surface area contributed by atoms with Crippen LogP contribution in [0.2, 0.25) is 0 Å². The average molecular weight is 307 g/mol. The Labute approximate surface area is 128 Å². The van der Waals surface area contributed by atoms with Crippen molar-refractivity contribution in [3.8, 4) is 0 Å². The predicted octanol–water partition coefficient (Wildman–Crippen LogP) is 0.783.